The normalized spacial score (nSPS) is 0. The first-order valence-corrected chi connectivity index (χ1v) is 0. The summed E-state index contributed by atoms with van der Waals surface area (Å²) in [5.41, 5.74) is 0. The summed E-state index contributed by atoms with van der Waals surface area (Å²) in [5, 5.41) is 0. The van der Waals surface area contributed by atoms with E-state index in [1.165, 1.54) is 0 Å². The average Bonchev–Trinajstić information content (AvgIpc) is 0. The minimum atomic E-state index is 0. The third-order valence-corrected chi connectivity index (χ3v) is 0. The zero-order valence-corrected chi connectivity index (χ0v) is 2.43. The maximum absolute atomic E-state index is 0. The summed E-state index contributed by atoms with van der Waals surface area (Å²) in [6.07, 6.45) is 0. The molecule has 0 amide bonds. The first-order valence-electron chi connectivity index (χ1n) is 0. The molecular formula is H7ClNNaO. The Hall–Kier alpha value is 1.21. The quantitative estimate of drug-likeness (QED) is 0.390. The van der Waals surface area contributed by atoms with Crippen LogP contribution in [-0.2, 0) is 0 Å². The van der Waals surface area contributed by atoms with Crippen LogP contribution in [0.2, 0.25) is 0 Å². The molecule has 0 atom stereocenters. The molecule has 0 aromatic rings. The summed E-state index contributed by atoms with van der Waals surface area (Å²) < 4.78 is 0. The van der Waals surface area contributed by atoms with Gasteiger partial charge in [-0.1, -0.05) is 0 Å². The molecule has 0 aliphatic heterocycles. The predicted molar refractivity (Wildman–Crippen MR) is 23.0 cm³/mol. The van der Waals surface area contributed by atoms with Crippen molar-refractivity contribution in [3.63, 3.8) is 0 Å². The Morgan fingerprint density at radius 3 is 1.00 bits per heavy atom. The molecule has 0 saturated heterocycles. The first-order chi connectivity index (χ1) is 0. The van der Waals surface area contributed by atoms with Gasteiger partial charge in [0.1, 0.15) is 0 Å². The van der Waals surface area contributed by atoms with Gasteiger partial charge in [-0.25, -0.2) is 0 Å². The van der Waals surface area contributed by atoms with Gasteiger partial charge < -0.3 is 11.6 Å². The van der Waals surface area contributed by atoms with Crippen LogP contribution in [0.3, 0.4) is 0 Å². The summed E-state index contributed by atoms with van der Waals surface area (Å²) in [5.74, 6) is 0. The van der Waals surface area contributed by atoms with Crippen LogP contribution in [0.1, 0.15) is 0 Å². The van der Waals surface area contributed by atoms with E-state index in [-0.39, 0.29) is 53.6 Å². The molecule has 0 aliphatic rings. The summed E-state index contributed by atoms with van der Waals surface area (Å²) in [6.45, 7) is 0. The molecule has 4 heteroatoms. The monoisotopic (exact) mass is 95.0 g/mol. The molecule has 4 heavy (non-hydrogen) atoms. The van der Waals surface area contributed by atoms with Gasteiger partial charge in [-0.05, 0) is 0 Å². The second kappa shape index (κ2) is 29.6. The Bertz CT molecular complexity index is 8.00. The SMILES string of the molecule is Cl.N.O.[NaH]. The Balaban J connectivity index is 0. The Labute approximate surface area is 53.6 Å². The summed E-state index contributed by atoms with van der Waals surface area (Å²) in [6, 6.07) is 0. The number of hydrogen-bond acceptors (Lipinski definition) is 1. The Morgan fingerprint density at radius 2 is 1.00 bits per heavy atom. The maximum atomic E-state index is 0. The van der Waals surface area contributed by atoms with Gasteiger partial charge in [0.15, 0.2) is 0 Å². The molecule has 0 aromatic carbocycles. The molecule has 0 unspecified atom stereocenters. The fourth-order valence-electron chi connectivity index (χ4n) is 0. The van der Waals surface area contributed by atoms with Crippen LogP contribution in [-0.4, -0.2) is 35.0 Å². The van der Waals surface area contributed by atoms with Gasteiger partial charge in [-0.15, -0.1) is 12.4 Å². The summed E-state index contributed by atoms with van der Waals surface area (Å²) in [4.78, 5) is 0. The molecule has 5 N–H and O–H groups in total. The van der Waals surface area contributed by atoms with E-state index in [1.807, 2.05) is 0 Å². The second-order valence-electron chi connectivity index (χ2n) is 0. The van der Waals surface area contributed by atoms with E-state index in [9.17, 15) is 0 Å². The standard InChI is InChI=1S/ClH.H3N.Na.H2O.H/h1H;1H3;;1H2;. The molecule has 0 bridgehead atoms. The van der Waals surface area contributed by atoms with Crippen molar-refractivity contribution in [1.29, 1.82) is 0 Å². The summed E-state index contributed by atoms with van der Waals surface area (Å²) >= 11 is 0. The third-order valence-electron chi connectivity index (χ3n) is 0. The van der Waals surface area contributed by atoms with Crippen molar-refractivity contribution in [3.8, 4) is 0 Å². The summed E-state index contributed by atoms with van der Waals surface area (Å²) in [7, 11) is 0. The number of rotatable bonds is 0. The molecule has 0 aromatic heterocycles. The molecule has 0 rings (SSSR count). The molecule has 0 spiro atoms. The Morgan fingerprint density at radius 1 is 1.00 bits per heavy atom. The molecule has 2 nitrogen and oxygen atoms in total. The average molecular weight is 95.5 g/mol. The molecule has 0 heterocycles. The van der Waals surface area contributed by atoms with E-state index in [2.05, 4.69) is 0 Å². The van der Waals surface area contributed by atoms with Crippen molar-refractivity contribution >= 4 is 42.0 Å². The fourth-order valence-corrected chi connectivity index (χ4v) is 0. The van der Waals surface area contributed by atoms with E-state index in [0.29, 0.717) is 0 Å². The zero-order valence-electron chi connectivity index (χ0n) is 1.62. The molecule has 0 fully saturated rings. The van der Waals surface area contributed by atoms with Crippen molar-refractivity contribution in [2.75, 3.05) is 0 Å². The van der Waals surface area contributed by atoms with Gasteiger partial charge in [0.25, 0.3) is 0 Å². The third kappa shape index (κ3) is 10.7. The van der Waals surface area contributed by atoms with E-state index < -0.39 is 0 Å². The van der Waals surface area contributed by atoms with Gasteiger partial charge in [0.2, 0.25) is 0 Å². The van der Waals surface area contributed by atoms with Crippen LogP contribution < -0.4 is 6.15 Å². The molecular weight excluding hydrogens is 88.4 g/mol. The Kier molecular flexibility index (Phi) is 467. The molecule has 0 saturated carbocycles. The van der Waals surface area contributed by atoms with Crippen LogP contribution in [0, 0.1) is 0 Å². The molecule has 0 radical (unpaired) electrons. The van der Waals surface area contributed by atoms with Crippen LogP contribution in [0.4, 0.5) is 0 Å². The topological polar surface area (TPSA) is 66.5 Å². The second-order valence-corrected chi connectivity index (χ2v) is 0. The van der Waals surface area contributed by atoms with Gasteiger partial charge in [0.05, 0.1) is 0 Å². The fraction of sp³-hybridized carbons (Fsp3) is 0. The first kappa shape index (κ1) is 63.1. The van der Waals surface area contributed by atoms with Crippen molar-refractivity contribution in [2.45, 2.75) is 0 Å². The van der Waals surface area contributed by atoms with E-state index >= 15 is 0 Å². The van der Waals surface area contributed by atoms with Gasteiger partial charge in [-0.2, -0.15) is 0 Å². The van der Waals surface area contributed by atoms with E-state index in [4.69, 9.17) is 0 Å². The van der Waals surface area contributed by atoms with Crippen LogP contribution in [0.25, 0.3) is 0 Å². The van der Waals surface area contributed by atoms with Crippen molar-refractivity contribution in [1.82, 2.24) is 6.15 Å². The minimum absolute atomic E-state index is 0. The number of halogens is 1. The van der Waals surface area contributed by atoms with Gasteiger partial charge in [0, 0.05) is 0 Å². The van der Waals surface area contributed by atoms with E-state index in [1.54, 1.807) is 0 Å². The number of hydrogen-bond donors (Lipinski definition) is 1. The van der Waals surface area contributed by atoms with Crippen molar-refractivity contribution in [3.05, 3.63) is 0 Å². The molecule has 26 valence electrons. The predicted octanol–water partition coefficient (Wildman–Crippen LogP) is -0.889. The van der Waals surface area contributed by atoms with Crippen LogP contribution >= 0.6 is 12.4 Å². The van der Waals surface area contributed by atoms with Gasteiger partial charge in [-0.3, -0.25) is 0 Å². The van der Waals surface area contributed by atoms with Crippen LogP contribution in [0.15, 0.2) is 0 Å². The van der Waals surface area contributed by atoms with E-state index in [0.717, 1.165) is 0 Å². The van der Waals surface area contributed by atoms with Crippen molar-refractivity contribution < 1.29 is 5.48 Å². The zero-order chi connectivity index (χ0) is 0. The molecule has 0 aliphatic carbocycles. The van der Waals surface area contributed by atoms with Gasteiger partial charge >= 0.3 is 29.6 Å². The van der Waals surface area contributed by atoms with Crippen LogP contribution in [0.5, 0.6) is 0 Å². The van der Waals surface area contributed by atoms with Crippen molar-refractivity contribution in [2.24, 2.45) is 0 Å².